The van der Waals surface area contributed by atoms with E-state index in [0.717, 1.165) is 22.4 Å². The molecule has 1 aromatic heterocycles. The fourth-order valence-corrected chi connectivity index (χ4v) is 3.66. The molecule has 0 aliphatic rings. The molecular formula is C28H29N3O3. The van der Waals surface area contributed by atoms with Crippen LogP contribution in [0.15, 0.2) is 85.1 Å². The van der Waals surface area contributed by atoms with Crippen LogP contribution in [-0.2, 0) is 17.9 Å². The van der Waals surface area contributed by atoms with Gasteiger partial charge in [0, 0.05) is 18.3 Å². The molecule has 1 N–H and O–H groups in total. The first kappa shape index (κ1) is 23.3. The van der Waals surface area contributed by atoms with E-state index in [1.807, 2.05) is 86.6 Å². The summed E-state index contributed by atoms with van der Waals surface area (Å²) in [5, 5.41) is 7.80. The Hall–Kier alpha value is -3.90. The third-order valence-corrected chi connectivity index (χ3v) is 5.37. The highest BCUT2D eigenvalue weighted by atomic mass is 16.5. The molecule has 6 nitrogen and oxygen atoms in total. The lowest BCUT2D eigenvalue weighted by atomic mass is 10.1. The topological polar surface area (TPSA) is 65.4 Å². The Morgan fingerprint density at radius 1 is 0.971 bits per heavy atom. The number of hydrogen-bond acceptors (Lipinski definition) is 4. The van der Waals surface area contributed by atoms with Crippen LogP contribution in [-0.4, -0.2) is 28.9 Å². The Morgan fingerprint density at radius 3 is 2.47 bits per heavy atom. The van der Waals surface area contributed by atoms with E-state index in [1.54, 1.807) is 18.0 Å². The summed E-state index contributed by atoms with van der Waals surface area (Å²) < 4.78 is 13.0. The van der Waals surface area contributed by atoms with Gasteiger partial charge in [0.25, 0.3) is 5.91 Å². The molecule has 0 saturated carbocycles. The number of hydrogen-bond donors (Lipinski definition) is 1. The molecule has 0 spiro atoms. The summed E-state index contributed by atoms with van der Waals surface area (Å²) in [6.07, 6.45) is 1.93. The van der Waals surface area contributed by atoms with Gasteiger partial charge in [0.05, 0.1) is 31.1 Å². The van der Waals surface area contributed by atoms with Gasteiger partial charge in [0.1, 0.15) is 11.4 Å². The Kier molecular flexibility index (Phi) is 7.40. The minimum absolute atomic E-state index is 0.165. The van der Waals surface area contributed by atoms with E-state index >= 15 is 0 Å². The van der Waals surface area contributed by atoms with Crippen molar-refractivity contribution in [2.75, 3.05) is 7.11 Å². The van der Waals surface area contributed by atoms with Crippen molar-refractivity contribution in [2.45, 2.75) is 33.1 Å². The summed E-state index contributed by atoms with van der Waals surface area (Å²) >= 11 is 0. The van der Waals surface area contributed by atoms with Crippen molar-refractivity contribution < 1.29 is 14.3 Å². The second-order valence-electron chi connectivity index (χ2n) is 8.23. The Bertz CT molecular complexity index is 1250. The molecule has 0 aliphatic carbocycles. The van der Waals surface area contributed by atoms with Gasteiger partial charge in [-0.1, -0.05) is 54.6 Å². The maximum Gasteiger partial charge on any atom is 0.255 e. The molecule has 1 amide bonds. The van der Waals surface area contributed by atoms with Gasteiger partial charge >= 0.3 is 0 Å². The molecule has 1 heterocycles. The second-order valence-corrected chi connectivity index (χ2v) is 8.23. The molecular weight excluding hydrogens is 426 g/mol. The first-order valence-corrected chi connectivity index (χ1v) is 11.3. The first-order chi connectivity index (χ1) is 16.5. The third-order valence-electron chi connectivity index (χ3n) is 5.37. The summed E-state index contributed by atoms with van der Waals surface area (Å²) in [6.45, 7) is 4.97. The number of aromatic nitrogens is 2. The third kappa shape index (κ3) is 5.53. The number of carbonyl (C=O) groups is 1. The van der Waals surface area contributed by atoms with Gasteiger partial charge in [-0.2, -0.15) is 5.10 Å². The highest BCUT2D eigenvalue weighted by Crippen LogP contribution is 2.31. The number of carbonyl (C=O) groups excluding carboxylic acids is 1. The molecule has 0 radical (unpaired) electrons. The summed E-state index contributed by atoms with van der Waals surface area (Å²) in [6, 6.07) is 25.4. The highest BCUT2D eigenvalue weighted by Gasteiger charge is 2.21. The van der Waals surface area contributed by atoms with Gasteiger partial charge in [-0.15, -0.1) is 0 Å². The Labute approximate surface area is 200 Å². The van der Waals surface area contributed by atoms with E-state index in [-0.39, 0.29) is 12.0 Å². The lowest BCUT2D eigenvalue weighted by Gasteiger charge is -2.10. The normalized spacial score (nSPS) is 10.9. The Balaban J connectivity index is 1.61. The predicted molar refractivity (Wildman–Crippen MR) is 133 cm³/mol. The zero-order valence-corrected chi connectivity index (χ0v) is 19.7. The average Bonchev–Trinajstić information content (AvgIpc) is 3.32. The van der Waals surface area contributed by atoms with E-state index in [9.17, 15) is 4.79 Å². The minimum atomic E-state index is -0.202. The summed E-state index contributed by atoms with van der Waals surface area (Å²) in [4.78, 5) is 13.3. The molecule has 0 aliphatic heterocycles. The van der Waals surface area contributed by atoms with Crippen LogP contribution < -0.4 is 10.1 Å². The standard InChI is InChI=1S/C28H29N3O3/c1-20(2)34-19-22-11-9-10-21(16-22)17-29-28(32)25-18-31(23-12-5-4-6-13-23)30-27(25)24-14-7-8-15-26(24)33-3/h4-16,18,20H,17,19H2,1-3H3,(H,29,32). The van der Waals surface area contributed by atoms with E-state index in [2.05, 4.69) is 11.4 Å². The summed E-state index contributed by atoms with van der Waals surface area (Å²) in [7, 11) is 1.61. The maximum atomic E-state index is 13.3. The van der Waals surface area contributed by atoms with Gasteiger partial charge in [-0.25, -0.2) is 4.68 Å². The minimum Gasteiger partial charge on any atom is -0.496 e. The number of nitrogens with one attached hydrogen (secondary N) is 1. The van der Waals surface area contributed by atoms with Crippen LogP contribution in [0.5, 0.6) is 5.75 Å². The van der Waals surface area contributed by atoms with Crippen molar-refractivity contribution in [3.05, 3.63) is 102 Å². The number of benzene rings is 3. The van der Waals surface area contributed by atoms with Crippen molar-refractivity contribution in [1.82, 2.24) is 15.1 Å². The van der Waals surface area contributed by atoms with Crippen LogP contribution in [0.25, 0.3) is 16.9 Å². The molecule has 3 aromatic carbocycles. The molecule has 0 atom stereocenters. The van der Waals surface area contributed by atoms with Crippen LogP contribution >= 0.6 is 0 Å². The van der Waals surface area contributed by atoms with Gasteiger partial charge in [0.15, 0.2) is 0 Å². The number of methoxy groups -OCH3 is 1. The predicted octanol–water partition coefficient (Wildman–Crippen LogP) is 5.40. The zero-order chi connectivity index (χ0) is 23.9. The summed E-state index contributed by atoms with van der Waals surface area (Å²) in [5.41, 5.74) is 4.76. The van der Waals surface area contributed by atoms with Crippen LogP contribution in [0.3, 0.4) is 0 Å². The number of nitrogens with zero attached hydrogens (tertiary/aromatic N) is 2. The van der Waals surface area contributed by atoms with Crippen LogP contribution in [0.1, 0.15) is 35.3 Å². The molecule has 4 aromatic rings. The van der Waals surface area contributed by atoms with Crippen molar-refractivity contribution in [3.63, 3.8) is 0 Å². The van der Waals surface area contributed by atoms with Crippen molar-refractivity contribution in [3.8, 4) is 22.7 Å². The molecule has 34 heavy (non-hydrogen) atoms. The monoisotopic (exact) mass is 455 g/mol. The van der Waals surface area contributed by atoms with Crippen LogP contribution in [0.4, 0.5) is 0 Å². The Morgan fingerprint density at radius 2 is 1.71 bits per heavy atom. The SMILES string of the molecule is COc1ccccc1-c1nn(-c2ccccc2)cc1C(=O)NCc1cccc(COC(C)C)c1. The van der Waals surface area contributed by atoms with E-state index in [1.165, 1.54) is 0 Å². The number of ether oxygens (including phenoxy) is 2. The molecule has 174 valence electrons. The highest BCUT2D eigenvalue weighted by molar-refractivity contribution is 6.00. The fraction of sp³-hybridized carbons (Fsp3) is 0.214. The van der Waals surface area contributed by atoms with Crippen molar-refractivity contribution in [2.24, 2.45) is 0 Å². The quantitative estimate of drug-likeness (QED) is 0.367. The molecule has 0 saturated heterocycles. The average molecular weight is 456 g/mol. The number of rotatable bonds is 9. The van der Waals surface area contributed by atoms with Gasteiger partial charge in [-0.05, 0) is 49.2 Å². The molecule has 4 rings (SSSR count). The van der Waals surface area contributed by atoms with E-state index in [0.29, 0.717) is 30.2 Å². The fourth-order valence-electron chi connectivity index (χ4n) is 3.66. The molecule has 6 heteroatoms. The van der Waals surface area contributed by atoms with Gasteiger partial charge in [-0.3, -0.25) is 4.79 Å². The summed E-state index contributed by atoms with van der Waals surface area (Å²) in [5.74, 6) is 0.458. The van der Waals surface area contributed by atoms with Crippen molar-refractivity contribution in [1.29, 1.82) is 0 Å². The van der Waals surface area contributed by atoms with E-state index in [4.69, 9.17) is 14.6 Å². The first-order valence-electron chi connectivity index (χ1n) is 11.3. The number of para-hydroxylation sites is 2. The lowest BCUT2D eigenvalue weighted by molar-refractivity contribution is 0.0657. The van der Waals surface area contributed by atoms with Crippen molar-refractivity contribution >= 4 is 5.91 Å². The number of amides is 1. The zero-order valence-electron chi connectivity index (χ0n) is 19.7. The van der Waals surface area contributed by atoms with E-state index < -0.39 is 0 Å². The molecule has 0 fully saturated rings. The maximum absolute atomic E-state index is 13.3. The second kappa shape index (κ2) is 10.8. The van der Waals surface area contributed by atoms with Crippen LogP contribution in [0, 0.1) is 0 Å². The van der Waals surface area contributed by atoms with Crippen LogP contribution in [0.2, 0.25) is 0 Å². The molecule has 0 unspecified atom stereocenters. The lowest BCUT2D eigenvalue weighted by Crippen LogP contribution is -2.23. The van der Waals surface area contributed by atoms with Gasteiger partial charge in [0.2, 0.25) is 0 Å². The van der Waals surface area contributed by atoms with Gasteiger partial charge < -0.3 is 14.8 Å². The molecule has 0 bridgehead atoms. The smallest absolute Gasteiger partial charge is 0.255 e. The largest absolute Gasteiger partial charge is 0.496 e.